The molecular weight excluding hydrogens is 248 g/mol. The predicted molar refractivity (Wildman–Crippen MR) is 81.0 cm³/mol. The molecule has 1 atom stereocenters. The minimum atomic E-state index is 0.452. The van der Waals surface area contributed by atoms with Crippen molar-refractivity contribution in [3.05, 3.63) is 29.5 Å². The van der Waals surface area contributed by atoms with Crippen molar-refractivity contribution in [3.63, 3.8) is 0 Å². The van der Waals surface area contributed by atoms with Crippen molar-refractivity contribution in [2.75, 3.05) is 19.6 Å². The number of aromatic nitrogens is 2. The molecule has 4 rings (SSSR count). The number of nitrogens with one attached hydrogen (secondary N) is 2. The highest BCUT2D eigenvalue weighted by Crippen LogP contribution is 2.30. The molecule has 1 aromatic carbocycles. The van der Waals surface area contributed by atoms with Crippen molar-refractivity contribution in [2.45, 2.75) is 38.3 Å². The summed E-state index contributed by atoms with van der Waals surface area (Å²) in [7, 11) is 0. The number of hydrogen-bond donors (Lipinski definition) is 2. The van der Waals surface area contributed by atoms with Crippen LogP contribution in [-0.4, -0.2) is 29.4 Å². The number of fused-ring (bicyclic) bond motifs is 3. The maximum absolute atomic E-state index is 4.85. The third kappa shape index (κ3) is 1.95. The van der Waals surface area contributed by atoms with Gasteiger partial charge in [0.15, 0.2) is 0 Å². The molecule has 3 heterocycles. The standard InChI is InChI=1S/C16H22N4/c1-11-9-18-10-16-14-3-2-13(8-15(14)19-20(11)16)12-4-6-17-7-5-12/h2-3,8,11-12,17-18H,4-7,9-10H2,1H3/t11-/m0/s1. The van der Waals surface area contributed by atoms with Crippen molar-refractivity contribution in [2.24, 2.45) is 0 Å². The van der Waals surface area contributed by atoms with E-state index in [1.54, 1.807) is 0 Å². The van der Waals surface area contributed by atoms with E-state index in [1.165, 1.54) is 35.0 Å². The molecule has 2 aliphatic heterocycles. The molecular formula is C16H22N4. The van der Waals surface area contributed by atoms with Crippen LogP contribution < -0.4 is 10.6 Å². The molecule has 0 amide bonds. The average molecular weight is 270 g/mol. The molecule has 4 heteroatoms. The Balaban J connectivity index is 1.76. The molecule has 4 nitrogen and oxygen atoms in total. The van der Waals surface area contributed by atoms with E-state index in [0.717, 1.165) is 26.2 Å². The molecule has 106 valence electrons. The van der Waals surface area contributed by atoms with Gasteiger partial charge in [0.25, 0.3) is 0 Å². The van der Waals surface area contributed by atoms with E-state index in [4.69, 9.17) is 5.10 Å². The fourth-order valence-electron chi connectivity index (χ4n) is 3.61. The zero-order valence-corrected chi connectivity index (χ0v) is 12.0. The Morgan fingerprint density at radius 3 is 2.90 bits per heavy atom. The lowest BCUT2D eigenvalue weighted by atomic mass is 9.90. The lowest BCUT2D eigenvalue weighted by Gasteiger charge is -2.23. The first kappa shape index (κ1) is 12.4. The summed E-state index contributed by atoms with van der Waals surface area (Å²) in [6.45, 7) is 6.47. The second-order valence-corrected chi connectivity index (χ2v) is 6.17. The minimum absolute atomic E-state index is 0.452. The van der Waals surface area contributed by atoms with Crippen LogP contribution in [0.5, 0.6) is 0 Å². The second kappa shape index (κ2) is 4.86. The van der Waals surface area contributed by atoms with E-state index < -0.39 is 0 Å². The monoisotopic (exact) mass is 270 g/mol. The van der Waals surface area contributed by atoms with Crippen LogP contribution in [0.2, 0.25) is 0 Å². The summed E-state index contributed by atoms with van der Waals surface area (Å²) in [4.78, 5) is 0. The Bertz CT molecular complexity index is 625. The second-order valence-electron chi connectivity index (χ2n) is 6.17. The van der Waals surface area contributed by atoms with Crippen LogP contribution >= 0.6 is 0 Å². The Kier molecular flexibility index (Phi) is 3.00. The Hall–Kier alpha value is -1.39. The molecule has 1 aromatic heterocycles. The van der Waals surface area contributed by atoms with Gasteiger partial charge in [-0.3, -0.25) is 4.68 Å². The lowest BCUT2D eigenvalue weighted by molar-refractivity contribution is 0.395. The van der Waals surface area contributed by atoms with Crippen LogP contribution in [0.15, 0.2) is 18.2 Å². The Morgan fingerprint density at radius 1 is 1.20 bits per heavy atom. The number of hydrogen-bond acceptors (Lipinski definition) is 3. The summed E-state index contributed by atoms with van der Waals surface area (Å²) in [5.41, 5.74) is 3.98. The first-order valence-corrected chi connectivity index (χ1v) is 7.75. The van der Waals surface area contributed by atoms with E-state index in [2.05, 4.69) is 40.4 Å². The van der Waals surface area contributed by atoms with E-state index >= 15 is 0 Å². The highest BCUT2D eigenvalue weighted by molar-refractivity contribution is 5.82. The molecule has 2 N–H and O–H groups in total. The molecule has 2 aromatic rings. The van der Waals surface area contributed by atoms with Crippen LogP contribution in [0.3, 0.4) is 0 Å². The van der Waals surface area contributed by atoms with Crippen molar-refractivity contribution in [1.82, 2.24) is 20.4 Å². The molecule has 0 spiro atoms. The fraction of sp³-hybridized carbons (Fsp3) is 0.562. The van der Waals surface area contributed by atoms with E-state index in [9.17, 15) is 0 Å². The van der Waals surface area contributed by atoms with Crippen LogP contribution in [0.1, 0.15) is 43.0 Å². The summed E-state index contributed by atoms with van der Waals surface area (Å²) in [5.74, 6) is 0.704. The molecule has 2 aliphatic rings. The third-order valence-electron chi connectivity index (χ3n) is 4.78. The molecule has 1 fully saturated rings. The van der Waals surface area contributed by atoms with Gasteiger partial charge in [-0.25, -0.2) is 0 Å². The average Bonchev–Trinajstić information content (AvgIpc) is 2.87. The maximum atomic E-state index is 4.85. The third-order valence-corrected chi connectivity index (χ3v) is 4.78. The smallest absolute Gasteiger partial charge is 0.0929 e. The van der Waals surface area contributed by atoms with Gasteiger partial charge < -0.3 is 10.6 Å². The Labute approximate surface area is 119 Å². The van der Waals surface area contributed by atoms with E-state index in [0.29, 0.717) is 12.0 Å². The van der Waals surface area contributed by atoms with E-state index in [1.807, 2.05) is 0 Å². The lowest BCUT2D eigenvalue weighted by Crippen LogP contribution is -2.31. The molecule has 0 aliphatic carbocycles. The minimum Gasteiger partial charge on any atom is -0.317 e. The molecule has 0 saturated carbocycles. The molecule has 0 radical (unpaired) electrons. The maximum Gasteiger partial charge on any atom is 0.0929 e. The summed E-state index contributed by atoms with van der Waals surface area (Å²) < 4.78 is 2.22. The van der Waals surface area contributed by atoms with Gasteiger partial charge >= 0.3 is 0 Å². The van der Waals surface area contributed by atoms with Crippen molar-refractivity contribution >= 4 is 10.9 Å². The highest BCUT2D eigenvalue weighted by atomic mass is 15.3. The summed E-state index contributed by atoms with van der Waals surface area (Å²) >= 11 is 0. The first-order chi connectivity index (χ1) is 9.83. The van der Waals surface area contributed by atoms with Gasteiger partial charge in [-0.2, -0.15) is 5.10 Å². The van der Waals surface area contributed by atoms with Gasteiger partial charge in [0.2, 0.25) is 0 Å². The Morgan fingerprint density at radius 2 is 2.05 bits per heavy atom. The van der Waals surface area contributed by atoms with Crippen molar-refractivity contribution in [3.8, 4) is 0 Å². The van der Waals surface area contributed by atoms with Gasteiger partial charge in [-0.1, -0.05) is 12.1 Å². The molecule has 0 unspecified atom stereocenters. The fourth-order valence-corrected chi connectivity index (χ4v) is 3.61. The van der Waals surface area contributed by atoms with Crippen LogP contribution in [0.25, 0.3) is 10.9 Å². The van der Waals surface area contributed by atoms with Crippen molar-refractivity contribution in [1.29, 1.82) is 0 Å². The SMILES string of the molecule is C[C@H]1CNCc2c3ccc(C4CCNCC4)cc3nn21. The van der Waals surface area contributed by atoms with Crippen molar-refractivity contribution < 1.29 is 0 Å². The van der Waals surface area contributed by atoms with E-state index in [-0.39, 0.29) is 0 Å². The largest absolute Gasteiger partial charge is 0.317 e. The number of rotatable bonds is 1. The summed E-state index contributed by atoms with van der Waals surface area (Å²) in [6.07, 6.45) is 2.49. The first-order valence-electron chi connectivity index (χ1n) is 7.75. The quantitative estimate of drug-likeness (QED) is 0.834. The van der Waals surface area contributed by atoms with Gasteiger partial charge in [-0.15, -0.1) is 0 Å². The van der Waals surface area contributed by atoms with Gasteiger partial charge in [0.05, 0.1) is 17.3 Å². The number of nitrogens with zero attached hydrogens (tertiary/aromatic N) is 2. The normalized spacial score (nSPS) is 23.9. The zero-order chi connectivity index (χ0) is 13.5. The van der Waals surface area contributed by atoms with Crippen LogP contribution in [-0.2, 0) is 6.54 Å². The molecule has 1 saturated heterocycles. The number of piperidine rings is 1. The summed E-state index contributed by atoms with van der Waals surface area (Å²) in [6, 6.07) is 7.38. The number of benzene rings is 1. The zero-order valence-electron chi connectivity index (χ0n) is 12.0. The molecule has 0 bridgehead atoms. The van der Waals surface area contributed by atoms with Crippen LogP contribution in [0, 0.1) is 0 Å². The topological polar surface area (TPSA) is 41.9 Å². The van der Waals surface area contributed by atoms with Gasteiger partial charge in [0.1, 0.15) is 0 Å². The molecule has 20 heavy (non-hydrogen) atoms. The summed E-state index contributed by atoms with van der Waals surface area (Å²) in [5, 5.41) is 13.1. The highest BCUT2D eigenvalue weighted by Gasteiger charge is 2.21. The van der Waals surface area contributed by atoms with Gasteiger partial charge in [-0.05, 0) is 50.4 Å². The van der Waals surface area contributed by atoms with Gasteiger partial charge in [0, 0.05) is 18.5 Å². The van der Waals surface area contributed by atoms with Crippen LogP contribution in [0.4, 0.5) is 0 Å². The predicted octanol–water partition coefficient (Wildman–Crippen LogP) is 2.17.